The van der Waals surface area contributed by atoms with E-state index in [0.29, 0.717) is 17.6 Å². The van der Waals surface area contributed by atoms with Gasteiger partial charge in [0.05, 0.1) is 29.8 Å². The summed E-state index contributed by atoms with van der Waals surface area (Å²) in [6, 6.07) is 9.22. The van der Waals surface area contributed by atoms with E-state index in [-0.39, 0.29) is 18.8 Å². The van der Waals surface area contributed by atoms with E-state index in [4.69, 9.17) is 18.9 Å². The number of carbonyl (C=O) groups is 2. The van der Waals surface area contributed by atoms with E-state index in [1.807, 2.05) is 58.0 Å². The highest BCUT2D eigenvalue weighted by Gasteiger charge is 2.74. The van der Waals surface area contributed by atoms with Gasteiger partial charge in [0.2, 0.25) is 0 Å². The van der Waals surface area contributed by atoms with Crippen molar-refractivity contribution in [1.29, 1.82) is 0 Å². The van der Waals surface area contributed by atoms with Crippen LogP contribution >= 0.6 is 0 Å². The van der Waals surface area contributed by atoms with Crippen LogP contribution in [-0.4, -0.2) is 89.6 Å². The monoisotopic (exact) mass is 586 g/mol. The van der Waals surface area contributed by atoms with Gasteiger partial charge in [-0.25, -0.2) is 4.79 Å². The first kappa shape index (κ1) is 31.3. The highest BCUT2D eigenvalue weighted by atomic mass is 16.6. The fourth-order valence-corrected chi connectivity index (χ4v) is 8.98. The van der Waals surface area contributed by atoms with Gasteiger partial charge in [0.1, 0.15) is 17.8 Å². The van der Waals surface area contributed by atoms with Crippen molar-refractivity contribution in [2.75, 3.05) is 20.8 Å². The van der Waals surface area contributed by atoms with Crippen LogP contribution in [0.5, 0.6) is 0 Å². The van der Waals surface area contributed by atoms with Gasteiger partial charge >= 0.3 is 5.97 Å². The Bertz CT molecular complexity index is 1260. The second-order valence-electron chi connectivity index (χ2n) is 13.7. The fourth-order valence-electron chi connectivity index (χ4n) is 8.98. The molecule has 5 rings (SSSR count). The predicted molar refractivity (Wildman–Crippen MR) is 153 cm³/mol. The summed E-state index contributed by atoms with van der Waals surface area (Å²) in [5.74, 6) is -2.97. The summed E-state index contributed by atoms with van der Waals surface area (Å²) in [5, 5.41) is 35.9. The minimum Gasteiger partial charge on any atom is -0.456 e. The molecule has 9 heteroatoms. The molecule has 42 heavy (non-hydrogen) atoms. The number of carbonyl (C=O) groups excluding carboxylic acids is 2. The third-order valence-electron chi connectivity index (χ3n) is 11.6. The number of hydrogen-bond donors (Lipinski definition) is 3. The highest BCUT2D eigenvalue weighted by molar-refractivity contribution is 5.93. The zero-order chi connectivity index (χ0) is 31.0. The maximum atomic E-state index is 14.7. The number of aliphatic hydroxyl groups is 3. The van der Waals surface area contributed by atoms with Gasteiger partial charge in [0, 0.05) is 44.3 Å². The Labute approximate surface area is 248 Å². The average Bonchev–Trinajstić information content (AvgIpc) is 2.96. The molecule has 1 heterocycles. The lowest BCUT2D eigenvalue weighted by Crippen LogP contribution is -2.79. The van der Waals surface area contributed by atoms with Gasteiger partial charge in [-0.1, -0.05) is 58.0 Å². The Hall–Kier alpha value is -2.14. The maximum absolute atomic E-state index is 14.7. The molecule has 3 N–H and O–H groups in total. The number of methoxy groups -OCH3 is 2. The Morgan fingerprint density at radius 3 is 2.29 bits per heavy atom. The maximum Gasteiger partial charge on any atom is 0.336 e. The molecule has 1 aromatic carbocycles. The third kappa shape index (κ3) is 4.11. The van der Waals surface area contributed by atoms with Crippen LogP contribution in [0.2, 0.25) is 0 Å². The van der Waals surface area contributed by atoms with Gasteiger partial charge in [0.25, 0.3) is 0 Å². The Balaban J connectivity index is 1.61. The molecular weight excluding hydrogens is 540 g/mol. The lowest BCUT2D eigenvalue weighted by atomic mass is 9.42. The molecule has 0 amide bonds. The number of Topliss-reactive ketones (excluding diaryl/α,β-unsaturated/α-hetero) is 1. The van der Waals surface area contributed by atoms with Crippen molar-refractivity contribution in [3.05, 3.63) is 47.0 Å². The summed E-state index contributed by atoms with van der Waals surface area (Å²) in [7, 11) is 3.01. The summed E-state index contributed by atoms with van der Waals surface area (Å²) in [5.41, 5.74) is -3.15. The van der Waals surface area contributed by atoms with E-state index in [0.717, 1.165) is 5.56 Å². The zero-order valence-electron chi connectivity index (χ0n) is 25.9. The molecular formula is C33H46O9. The van der Waals surface area contributed by atoms with E-state index in [2.05, 4.69) is 0 Å². The summed E-state index contributed by atoms with van der Waals surface area (Å²) in [6.45, 7) is 11.0. The van der Waals surface area contributed by atoms with Crippen LogP contribution in [0, 0.1) is 22.7 Å². The number of fused-ring (bicyclic) bond motifs is 5. The van der Waals surface area contributed by atoms with E-state index in [9.17, 15) is 24.9 Å². The number of benzene rings is 1. The summed E-state index contributed by atoms with van der Waals surface area (Å²) in [6.07, 6.45) is -4.20. The predicted octanol–water partition coefficient (Wildman–Crippen LogP) is 2.95. The number of ether oxygens (including phenoxy) is 4. The summed E-state index contributed by atoms with van der Waals surface area (Å²) >= 11 is 0. The highest BCUT2D eigenvalue weighted by Crippen LogP contribution is 2.65. The second kappa shape index (κ2) is 10.5. The molecule has 0 aromatic heterocycles. The molecule has 3 aliphatic carbocycles. The molecule has 0 spiro atoms. The van der Waals surface area contributed by atoms with Gasteiger partial charge < -0.3 is 34.3 Å². The van der Waals surface area contributed by atoms with Crippen LogP contribution in [0.25, 0.3) is 0 Å². The van der Waals surface area contributed by atoms with Crippen LogP contribution in [0.1, 0.15) is 65.9 Å². The van der Waals surface area contributed by atoms with Crippen molar-refractivity contribution in [1.82, 2.24) is 0 Å². The lowest BCUT2D eigenvalue weighted by Gasteiger charge is -2.68. The van der Waals surface area contributed by atoms with Crippen molar-refractivity contribution < 1.29 is 43.9 Å². The first-order chi connectivity index (χ1) is 19.6. The molecule has 11 atom stereocenters. The van der Waals surface area contributed by atoms with Crippen molar-refractivity contribution in [3.63, 3.8) is 0 Å². The quantitative estimate of drug-likeness (QED) is 0.340. The molecule has 1 saturated heterocycles. The number of ketones is 1. The van der Waals surface area contributed by atoms with Crippen LogP contribution in [0.4, 0.5) is 0 Å². The van der Waals surface area contributed by atoms with Gasteiger partial charge in [0.15, 0.2) is 11.9 Å². The molecule has 4 aliphatic rings. The Morgan fingerprint density at radius 1 is 1.10 bits per heavy atom. The molecule has 2 saturated carbocycles. The molecule has 232 valence electrons. The van der Waals surface area contributed by atoms with Gasteiger partial charge in [-0.2, -0.15) is 0 Å². The summed E-state index contributed by atoms with van der Waals surface area (Å²) in [4.78, 5) is 28.1. The normalized spacial score (nSPS) is 42.3. The summed E-state index contributed by atoms with van der Waals surface area (Å²) < 4.78 is 23.6. The number of hydrogen-bond acceptors (Lipinski definition) is 9. The topological polar surface area (TPSA) is 132 Å². The van der Waals surface area contributed by atoms with Crippen molar-refractivity contribution in [2.24, 2.45) is 22.7 Å². The van der Waals surface area contributed by atoms with Crippen LogP contribution in [0.15, 0.2) is 41.5 Å². The van der Waals surface area contributed by atoms with Gasteiger partial charge in [-0.3, -0.25) is 4.79 Å². The molecule has 3 fully saturated rings. The zero-order valence-corrected chi connectivity index (χ0v) is 25.9. The second-order valence-corrected chi connectivity index (χ2v) is 13.7. The Morgan fingerprint density at radius 2 is 1.74 bits per heavy atom. The Kier molecular flexibility index (Phi) is 7.82. The molecule has 1 aliphatic heterocycles. The first-order valence-electron chi connectivity index (χ1n) is 14.9. The van der Waals surface area contributed by atoms with Crippen molar-refractivity contribution in [2.45, 2.75) is 102 Å². The SMILES string of the molecule is COC1C(=O)C2(C)C(OC)CC3OCC3(O)C2C(C)C2(O)CC(OC(=O)C(O)C(C)c3ccccc3)C(C)=C1C2(C)C. The number of esters is 1. The minimum absolute atomic E-state index is 0.0190. The van der Waals surface area contributed by atoms with E-state index in [1.165, 1.54) is 7.11 Å². The molecule has 9 nitrogen and oxygen atoms in total. The van der Waals surface area contributed by atoms with Gasteiger partial charge in [-0.15, -0.1) is 0 Å². The number of aliphatic hydroxyl groups excluding tert-OH is 1. The van der Waals surface area contributed by atoms with Crippen molar-refractivity contribution in [3.8, 4) is 0 Å². The molecule has 0 radical (unpaired) electrons. The number of rotatable bonds is 6. The largest absolute Gasteiger partial charge is 0.456 e. The van der Waals surface area contributed by atoms with E-state index < -0.39 is 76.3 Å². The first-order valence-corrected chi connectivity index (χ1v) is 14.9. The standard InChI is InChI=1S/C33H46O9/c1-17(20-12-10-9-11-13-20)25(34)29(36)42-21-15-33(38)19(3)27-31(6,22(39-7)14-23-32(27,37)16-41-23)28(35)26(40-8)24(18(21)2)30(33,4)5/h9-13,17,19,21-23,25-27,34,37-38H,14-16H2,1-8H3. The van der Waals surface area contributed by atoms with Crippen molar-refractivity contribution >= 4 is 11.8 Å². The average molecular weight is 587 g/mol. The fraction of sp³-hybridized carbons (Fsp3) is 0.697. The van der Waals surface area contributed by atoms with E-state index in [1.54, 1.807) is 21.0 Å². The molecule has 1 aromatic rings. The van der Waals surface area contributed by atoms with Crippen LogP contribution in [-0.2, 0) is 28.5 Å². The van der Waals surface area contributed by atoms with E-state index >= 15 is 0 Å². The lowest BCUT2D eigenvalue weighted by molar-refractivity contribution is -0.337. The molecule has 11 unspecified atom stereocenters. The minimum atomic E-state index is -1.54. The van der Waals surface area contributed by atoms with Crippen LogP contribution < -0.4 is 0 Å². The smallest absolute Gasteiger partial charge is 0.336 e. The third-order valence-corrected chi connectivity index (χ3v) is 11.6. The van der Waals surface area contributed by atoms with Gasteiger partial charge in [-0.05, 0) is 36.5 Å². The molecule has 2 bridgehead atoms. The van der Waals surface area contributed by atoms with Crippen LogP contribution in [0.3, 0.4) is 0 Å².